The number of rotatable bonds is 13. The number of unbranched alkanes of at least 4 members (excludes halogenated alkanes) is 2. The summed E-state index contributed by atoms with van der Waals surface area (Å²) in [6.45, 7) is 8.57. The molecule has 1 aromatic carbocycles. The van der Waals surface area contributed by atoms with Gasteiger partial charge in [-0.05, 0) is 49.9 Å². The fourth-order valence-electron chi connectivity index (χ4n) is 6.40. The maximum atomic E-state index is 14.5. The summed E-state index contributed by atoms with van der Waals surface area (Å²) in [5.74, 6) is -1.48. The van der Waals surface area contributed by atoms with Crippen LogP contribution < -0.4 is 9.64 Å². The molecule has 212 valence electrons. The summed E-state index contributed by atoms with van der Waals surface area (Å²) >= 11 is 3.71. The monoisotopic (exact) mass is 603 g/mol. The molecule has 0 saturated carbocycles. The van der Waals surface area contributed by atoms with E-state index < -0.39 is 29.6 Å². The number of ether oxygens (including phenoxy) is 2. The third kappa shape index (κ3) is 5.14. The molecule has 3 amide bonds. The van der Waals surface area contributed by atoms with E-state index >= 15 is 0 Å². The van der Waals surface area contributed by atoms with Gasteiger partial charge in [-0.3, -0.25) is 14.4 Å². The van der Waals surface area contributed by atoms with Crippen molar-refractivity contribution in [1.82, 2.24) is 9.80 Å². The van der Waals surface area contributed by atoms with Crippen LogP contribution in [-0.2, 0) is 19.1 Å². The van der Waals surface area contributed by atoms with Crippen molar-refractivity contribution in [2.45, 2.75) is 48.3 Å². The summed E-state index contributed by atoms with van der Waals surface area (Å²) in [6.07, 6.45) is 5.17. The molecule has 3 saturated heterocycles. The van der Waals surface area contributed by atoms with E-state index in [4.69, 9.17) is 9.47 Å². The number of anilines is 1. The Bertz CT molecular complexity index is 1100. The number of likely N-dealkylation sites (tertiary alicyclic amines) is 1. The van der Waals surface area contributed by atoms with Crippen molar-refractivity contribution >= 4 is 39.3 Å². The summed E-state index contributed by atoms with van der Waals surface area (Å²) in [5, 5.41) is 9.25. The van der Waals surface area contributed by atoms with Gasteiger partial charge in [0.25, 0.3) is 5.91 Å². The van der Waals surface area contributed by atoms with Gasteiger partial charge in [-0.15, -0.1) is 13.2 Å². The summed E-state index contributed by atoms with van der Waals surface area (Å²) < 4.78 is 11.9. The van der Waals surface area contributed by atoms with Gasteiger partial charge in [0, 0.05) is 43.8 Å². The second kappa shape index (κ2) is 12.2. The molecular formula is C29H38BrN3O6. The molecule has 10 heteroatoms. The lowest BCUT2D eigenvalue weighted by molar-refractivity contribution is -0.144. The number of likely N-dealkylation sites (N-methyl/N-ethyl adjacent to an activating group) is 1. The molecule has 3 aliphatic heterocycles. The van der Waals surface area contributed by atoms with Crippen LogP contribution in [0.15, 0.2) is 49.6 Å². The molecule has 1 N–H and O–H groups in total. The van der Waals surface area contributed by atoms with E-state index in [1.165, 1.54) is 0 Å². The number of amides is 3. The Kier molecular flexibility index (Phi) is 9.18. The number of carbonyl (C=O) groups is 3. The Balaban J connectivity index is 1.75. The molecule has 0 aliphatic carbocycles. The highest BCUT2D eigenvalue weighted by atomic mass is 79.9. The molecule has 1 aromatic rings. The number of hydrogen-bond acceptors (Lipinski definition) is 6. The maximum Gasteiger partial charge on any atom is 0.253 e. The van der Waals surface area contributed by atoms with Crippen molar-refractivity contribution in [3.8, 4) is 5.75 Å². The first-order chi connectivity index (χ1) is 18.7. The molecule has 3 unspecified atom stereocenters. The van der Waals surface area contributed by atoms with Crippen LogP contribution in [0.1, 0.15) is 25.7 Å². The molecular weight excluding hydrogens is 566 g/mol. The van der Waals surface area contributed by atoms with Crippen LogP contribution >= 0.6 is 15.9 Å². The number of aliphatic hydroxyl groups is 1. The number of fused-ring (bicyclic) bond motifs is 1. The fourth-order valence-corrected chi connectivity index (χ4v) is 7.34. The highest BCUT2D eigenvalue weighted by Gasteiger charge is 2.76. The van der Waals surface area contributed by atoms with Crippen LogP contribution in [0.5, 0.6) is 5.75 Å². The van der Waals surface area contributed by atoms with E-state index in [2.05, 4.69) is 29.1 Å². The largest absolute Gasteiger partial charge is 0.497 e. The highest BCUT2D eigenvalue weighted by Crippen LogP contribution is 2.60. The molecule has 3 fully saturated rings. The standard InChI is InChI=1S/C29H38BrN3O6/c1-5-14-31(3)26(35)22-23-27(36)33(16-8-7-9-17-34)25(29(23)18-21(30)24(22)39-29)28(37)32(15-6-2)19-10-12-20(38-4)13-11-19/h5-6,10-13,21-25,34H,1-2,7-9,14-18H2,3-4H3/t21?,22-,23+,24-,25?,29?/m1/s1. The molecule has 3 heterocycles. The van der Waals surface area contributed by atoms with E-state index in [0.29, 0.717) is 50.2 Å². The predicted molar refractivity (Wildman–Crippen MR) is 152 cm³/mol. The van der Waals surface area contributed by atoms with Crippen LogP contribution in [-0.4, -0.2) is 95.6 Å². The SMILES string of the molecule is C=CCN(C)C(=O)[C@H]1[C@@H]2OC3(CC2Br)C(C(=O)N(CC=C)c2ccc(OC)cc2)N(CCCCCO)C(=O)[C@H]13. The number of carbonyl (C=O) groups excluding carboxylic acids is 3. The average molecular weight is 605 g/mol. The fraction of sp³-hybridized carbons (Fsp3) is 0.552. The van der Waals surface area contributed by atoms with Crippen LogP contribution in [0.4, 0.5) is 5.69 Å². The molecule has 6 atom stereocenters. The zero-order valence-electron chi connectivity index (χ0n) is 22.6. The minimum Gasteiger partial charge on any atom is -0.497 e. The molecule has 4 rings (SSSR count). The van der Waals surface area contributed by atoms with Crippen molar-refractivity contribution < 1.29 is 29.0 Å². The van der Waals surface area contributed by atoms with Crippen molar-refractivity contribution in [2.75, 3.05) is 45.3 Å². The van der Waals surface area contributed by atoms with Crippen molar-refractivity contribution in [3.63, 3.8) is 0 Å². The van der Waals surface area contributed by atoms with E-state index in [-0.39, 0.29) is 35.7 Å². The molecule has 0 radical (unpaired) electrons. The average Bonchev–Trinajstić information content (AvgIpc) is 3.52. The third-order valence-electron chi connectivity index (χ3n) is 8.11. The van der Waals surface area contributed by atoms with E-state index in [1.807, 2.05) is 0 Å². The van der Waals surface area contributed by atoms with Crippen LogP contribution in [0.25, 0.3) is 0 Å². The van der Waals surface area contributed by atoms with Crippen LogP contribution in [0, 0.1) is 11.8 Å². The number of hydrogen-bond donors (Lipinski definition) is 1. The second-order valence-electron chi connectivity index (χ2n) is 10.4. The van der Waals surface area contributed by atoms with Gasteiger partial charge in [0.15, 0.2) is 0 Å². The van der Waals surface area contributed by atoms with Gasteiger partial charge in [-0.1, -0.05) is 28.1 Å². The highest BCUT2D eigenvalue weighted by molar-refractivity contribution is 9.09. The normalized spacial score (nSPS) is 28.8. The van der Waals surface area contributed by atoms with Crippen molar-refractivity contribution in [3.05, 3.63) is 49.6 Å². The predicted octanol–water partition coefficient (Wildman–Crippen LogP) is 2.77. The molecule has 39 heavy (non-hydrogen) atoms. The Morgan fingerprint density at radius 1 is 1.18 bits per heavy atom. The summed E-state index contributed by atoms with van der Waals surface area (Å²) in [6, 6.07) is 6.26. The lowest BCUT2D eigenvalue weighted by Gasteiger charge is -2.37. The van der Waals surface area contributed by atoms with E-state index in [0.717, 1.165) is 0 Å². The van der Waals surface area contributed by atoms with Gasteiger partial charge < -0.3 is 29.3 Å². The molecule has 0 aromatic heterocycles. The zero-order chi connectivity index (χ0) is 28.3. The van der Waals surface area contributed by atoms with Gasteiger partial charge >= 0.3 is 0 Å². The second-order valence-corrected chi connectivity index (χ2v) is 11.6. The molecule has 1 spiro atoms. The first kappa shape index (κ1) is 29.3. The van der Waals surface area contributed by atoms with Gasteiger partial charge in [-0.25, -0.2) is 0 Å². The summed E-state index contributed by atoms with van der Waals surface area (Å²) in [7, 11) is 3.27. The Hall–Kier alpha value is -2.69. The van der Waals surface area contributed by atoms with Gasteiger partial charge in [0.1, 0.15) is 17.4 Å². The van der Waals surface area contributed by atoms with Gasteiger partial charge in [0.05, 0.1) is 25.0 Å². The Morgan fingerprint density at radius 3 is 2.49 bits per heavy atom. The first-order valence-corrected chi connectivity index (χ1v) is 14.3. The van der Waals surface area contributed by atoms with E-state index in [1.54, 1.807) is 65.3 Å². The quantitative estimate of drug-likeness (QED) is 0.211. The lowest BCUT2D eigenvalue weighted by atomic mass is 9.70. The first-order valence-electron chi connectivity index (χ1n) is 13.4. The van der Waals surface area contributed by atoms with Gasteiger partial charge in [0.2, 0.25) is 11.8 Å². The Labute approximate surface area is 238 Å². The number of halogens is 1. The number of nitrogens with zero attached hydrogens (tertiary/aromatic N) is 3. The van der Waals surface area contributed by atoms with E-state index in [9.17, 15) is 19.5 Å². The molecule has 3 aliphatic rings. The minimum absolute atomic E-state index is 0.0652. The van der Waals surface area contributed by atoms with Gasteiger partial charge in [-0.2, -0.15) is 0 Å². The minimum atomic E-state index is -1.13. The number of alkyl halides is 1. The number of methoxy groups -OCH3 is 1. The molecule has 2 bridgehead atoms. The Morgan fingerprint density at radius 2 is 1.87 bits per heavy atom. The van der Waals surface area contributed by atoms with Crippen LogP contribution in [0.2, 0.25) is 0 Å². The molecule has 9 nitrogen and oxygen atoms in total. The summed E-state index contributed by atoms with van der Waals surface area (Å²) in [4.78, 5) is 46.9. The van der Waals surface area contributed by atoms with Crippen molar-refractivity contribution in [2.24, 2.45) is 11.8 Å². The summed E-state index contributed by atoms with van der Waals surface area (Å²) in [5.41, 5.74) is -0.486. The maximum absolute atomic E-state index is 14.5. The zero-order valence-corrected chi connectivity index (χ0v) is 24.2. The van der Waals surface area contributed by atoms with Crippen LogP contribution in [0.3, 0.4) is 0 Å². The topological polar surface area (TPSA) is 99.6 Å². The number of benzene rings is 1. The number of aliphatic hydroxyl groups excluding tert-OH is 1. The lowest BCUT2D eigenvalue weighted by Crippen LogP contribution is -2.57. The smallest absolute Gasteiger partial charge is 0.253 e. The third-order valence-corrected chi connectivity index (χ3v) is 8.95. The van der Waals surface area contributed by atoms with Crippen molar-refractivity contribution in [1.29, 1.82) is 0 Å².